The molecular formula is C7H18N2Si. The second-order valence-corrected chi connectivity index (χ2v) is 3.58. The highest BCUT2D eigenvalue weighted by molar-refractivity contribution is 6.09. The van der Waals surface area contributed by atoms with Crippen LogP contribution in [0.15, 0.2) is 11.9 Å². The van der Waals surface area contributed by atoms with Crippen molar-refractivity contribution in [1.82, 2.24) is 9.80 Å². The molecule has 0 aliphatic heterocycles. The minimum absolute atomic E-state index is 1.23. The van der Waals surface area contributed by atoms with Crippen LogP contribution >= 0.6 is 0 Å². The van der Waals surface area contributed by atoms with E-state index < -0.39 is 0 Å². The number of rotatable bonds is 3. The minimum atomic E-state index is 1.23. The molecule has 0 rings (SSSR count). The van der Waals surface area contributed by atoms with Crippen LogP contribution in [0.2, 0.25) is 6.04 Å². The van der Waals surface area contributed by atoms with Crippen molar-refractivity contribution in [2.24, 2.45) is 0 Å². The van der Waals surface area contributed by atoms with Crippen LogP contribution in [0.25, 0.3) is 0 Å². The first kappa shape index (κ1) is 9.56. The van der Waals surface area contributed by atoms with Crippen LogP contribution in [0.1, 0.15) is 0 Å². The Hall–Kier alpha value is -0.443. The molecule has 2 nitrogen and oxygen atoms in total. The zero-order chi connectivity index (χ0) is 8.15. The van der Waals surface area contributed by atoms with Crippen LogP contribution in [0, 0.1) is 0 Å². The Morgan fingerprint density at radius 1 is 1.20 bits per heavy atom. The van der Waals surface area contributed by atoms with E-state index in [-0.39, 0.29) is 0 Å². The fraction of sp³-hybridized carbons (Fsp3) is 0.714. The first-order chi connectivity index (χ1) is 4.59. The van der Waals surface area contributed by atoms with E-state index in [1.54, 1.807) is 0 Å². The highest BCUT2D eigenvalue weighted by Gasteiger charge is 1.98. The molecule has 0 bridgehead atoms. The van der Waals surface area contributed by atoms with Gasteiger partial charge in [-0.25, -0.2) is 0 Å². The summed E-state index contributed by atoms with van der Waals surface area (Å²) >= 11 is 0. The SMILES string of the molecule is CN(C)C(=CC[SiH3])N(C)C. The number of hydrogen-bond acceptors (Lipinski definition) is 2. The van der Waals surface area contributed by atoms with Crippen LogP contribution in [-0.4, -0.2) is 48.2 Å². The summed E-state index contributed by atoms with van der Waals surface area (Å²) in [6.45, 7) is 0. The highest BCUT2D eigenvalue weighted by atomic mass is 28.1. The Balaban J connectivity index is 4.12. The summed E-state index contributed by atoms with van der Waals surface area (Å²) in [6, 6.07) is 1.23. The standard InChI is InChI=1S/C7H18N2Si/c1-8(2)7(5-6-10)9(3)4/h5H,6H2,1-4,10H3. The lowest BCUT2D eigenvalue weighted by Crippen LogP contribution is -2.24. The van der Waals surface area contributed by atoms with E-state index >= 15 is 0 Å². The van der Waals surface area contributed by atoms with Gasteiger partial charge in [0.25, 0.3) is 0 Å². The van der Waals surface area contributed by atoms with E-state index in [4.69, 9.17) is 0 Å². The van der Waals surface area contributed by atoms with Crippen molar-refractivity contribution < 1.29 is 0 Å². The van der Waals surface area contributed by atoms with Gasteiger partial charge in [-0.05, 0) is 12.1 Å². The monoisotopic (exact) mass is 158 g/mol. The number of nitrogens with zero attached hydrogens (tertiary/aromatic N) is 2. The zero-order valence-corrected chi connectivity index (χ0v) is 9.68. The second-order valence-electron chi connectivity index (χ2n) is 2.76. The molecule has 10 heavy (non-hydrogen) atoms. The maximum absolute atomic E-state index is 2.27. The van der Waals surface area contributed by atoms with Crippen LogP contribution in [-0.2, 0) is 0 Å². The van der Waals surface area contributed by atoms with Crippen molar-refractivity contribution >= 4 is 10.2 Å². The predicted octanol–water partition coefficient (Wildman–Crippen LogP) is -0.265. The second kappa shape index (κ2) is 4.38. The molecule has 0 atom stereocenters. The van der Waals surface area contributed by atoms with E-state index in [1.165, 1.54) is 22.1 Å². The average molecular weight is 158 g/mol. The van der Waals surface area contributed by atoms with Crippen molar-refractivity contribution in [2.75, 3.05) is 28.2 Å². The molecule has 0 aliphatic carbocycles. The normalized spacial score (nSPS) is 9.20. The first-order valence-electron chi connectivity index (χ1n) is 3.64. The van der Waals surface area contributed by atoms with Gasteiger partial charge >= 0.3 is 0 Å². The summed E-state index contributed by atoms with van der Waals surface area (Å²) in [5.74, 6) is 1.30. The Kier molecular flexibility index (Phi) is 4.19. The minimum Gasteiger partial charge on any atom is -0.365 e. The lowest BCUT2D eigenvalue weighted by atomic mass is 10.5. The van der Waals surface area contributed by atoms with Crippen LogP contribution in [0.4, 0.5) is 0 Å². The maximum atomic E-state index is 2.27. The van der Waals surface area contributed by atoms with Crippen molar-refractivity contribution in [3.05, 3.63) is 11.9 Å². The topological polar surface area (TPSA) is 6.48 Å². The third kappa shape index (κ3) is 2.92. The zero-order valence-electron chi connectivity index (χ0n) is 7.68. The molecule has 0 heterocycles. The predicted molar refractivity (Wildman–Crippen MR) is 50.2 cm³/mol. The van der Waals surface area contributed by atoms with Crippen molar-refractivity contribution in [2.45, 2.75) is 6.04 Å². The lowest BCUT2D eigenvalue weighted by molar-refractivity contribution is 0.342. The Morgan fingerprint density at radius 2 is 1.60 bits per heavy atom. The van der Waals surface area contributed by atoms with Gasteiger partial charge in [0.2, 0.25) is 0 Å². The molecule has 0 spiro atoms. The van der Waals surface area contributed by atoms with Gasteiger partial charge < -0.3 is 9.80 Å². The van der Waals surface area contributed by atoms with Gasteiger partial charge in [0.1, 0.15) is 0 Å². The van der Waals surface area contributed by atoms with E-state index in [1.807, 2.05) is 0 Å². The largest absolute Gasteiger partial charge is 0.365 e. The average Bonchev–Trinajstić information content (AvgIpc) is 1.81. The Morgan fingerprint density at radius 3 is 1.70 bits per heavy atom. The van der Waals surface area contributed by atoms with Crippen LogP contribution in [0.3, 0.4) is 0 Å². The molecule has 0 aliphatic rings. The van der Waals surface area contributed by atoms with Gasteiger partial charge in [0.05, 0.1) is 5.82 Å². The fourth-order valence-corrected chi connectivity index (χ4v) is 1.31. The van der Waals surface area contributed by atoms with Crippen LogP contribution in [0.5, 0.6) is 0 Å². The molecule has 0 aromatic rings. The summed E-state index contributed by atoms with van der Waals surface area (Å²) in [5, 5.41) is 0. The van der Waals surface area contributed by atoms with Gasteiger partial charge in [-0.3, -0.25) is 0 Å². The molecule has 0 unspecified atom stereocenters. The van der Waals surface area contributed by atoms with Crippen LogP contribution < -0.4 is 0 Å². The molecule has 60 valence electrons. The third-order valence-corrected chi connectivity index (χ3v) is 1.71. The highest BCUT2D eigenvalue weighted by Crippen LogP contribution is 2.01. The molecule has 0 amide bonds. The lowest BCUT2D eigenvalue weighted by Gasteiger charge is -2.24. The molecule has 0 radical (unpaired) electrons. The van der Waals surface area contributed by atoms with Gasteiger partial charge in [0, 0.05) is 38.4 Å². The van der Waals surface area contributed by atoms with E-state index in [0.717, 1.165) is 0 Å². The smallest absolute Gasteiger partial charge is 0.0984 e. The molecule has 0 aromatic heterocycles. The quantitative estimate of drug-likeness (QED) is 0.522. The van der Waals surface area contributed by atoms with E-state index in [9.17, 15) is 0 Å². The molecule has 0 saturated heterocycles. The van der Waals surface area contributed by atoms with E-state index in [2.05, 4.69) is 44.1 Å². The summed E-state index contributed by atoms with van der Waals surface area (Å²) in [7, 11) is 9.54. The van der Waals surface area contributed by atoms with Gasteiger partial charge in [-0.2, -0.15) is 0 Å². The number of hydrogen-bond donors (Lipinski definition) is 0. The summed E-state index contributed by atoms with van der Waals surface area (Å²) in [6.07, 6.45) is 2.27. The van der Waals surface area contributed by atoms with Gasteiger partial charge in [-0.15, -0.1) is 0 Å². The van der Waals surface area contributed by atoms with Gasteiger partial charge in [-0.1, -0.05) is 0 Å². The Bertz CT molecular complexity index is 109. The van der Waals surface area contributed by atoms with Crippen molar-refractivity contribution in [3.8, 4) is 0 Å². The molecule has 3 heteroatoms. The van der Waals surface area contributed by atoms with Crippen molar-refractivity contribution in [3.63, 3.8) is 0 Å². The molecular weight excluding hydrogens is 140 g/mol. The van der Waals surface area contributed by atoms with E-state index in [0.29, 0.717) is 0 Å². The van der Waals surface area contributed by atoms with Crippen molar-refractivity contribution in [1.29, 1.82) is 0 Å². The molecule has 0 N–H and O–H groups in total. The summed E-state index contributed by atoms with van der Waals surface area (Å²) in [4.78, 5) is 4.27. The summed E-state index contributed by atoms with van der Waals surface area (Å²) < 4.78 is 0. The van der Waals surface area contributed by atoms with Gasteiger partial charge in [0.15, 0.2) is 0 Å². The molecule has 0 aromatic carbocycles. The third-order valence-electron chi connectivity index (χ3n) is 1.30. The molecule has 0 saturated carbocycles. The first-order valence-corrected chi connectivity index (χ1v) is 5.05. The molecule has 0 fully saturated rings. The fourth-order valence-electron chi connectivity index (χ4n) is 0.948. The Labute approximate surface area is 66.9 Å². The maximum Gasteiger partial charge on any atom is 0.0984 e. The number of allylic oxidation sites excluding steroid dienone is 1. The summed E-state index contributed by atoms with van der Waals surface area (Å²) in [5.41, 5.74) is 0.